The highest BCUT2D eigenvalue weighted by Gasteiger charge is 2.03. The Morgan fingerprint density at radius 2 is 2.83 bits per heavy atom. The van der Waals surface area contributed by atoms with Crippen LogP contribution in [0.15, 0.2) is 4.99 Å². The summed E-state index contributed by atoms with van der Waals surface area (Å²) in [5.74, 6) is 0. The van der Waals surface area contributed by atoms with E-state index in [1.807, 2.05) is 0 Å². The molecule has 0 bridgehead atoms. The van der Waals surface area contributed by atoms with Crippen LogP contribution in [0.4, 0.5) is 0 Å². The number of hydrogen-bond acceptors (Lipinski definition) is 3. The van der Waals surface area contributed by atoms with Gasteiger partial charge in [0, 0.05) is 0 Å². The Morgan fingerprint density at radius 3 is 3.00 bits per heavy atom. The van der Waals surface area contributed by atoms with Crippen molar-refractivity contribution in [2.45, 2.75) is 0 Å². The van der Waals surface area contributed by atoms with Gasteiger partial charge in [0.15, 0.2) is 0 Å². The van der Waals surface area contributed by atoms with Crippen LogP contribution in [0.1, 0.15) is 0 Å². The molecule has 1 aliphatic rings. The highest BCUT2D eigenvalue weighted by atomic mass is 79.9. The fourth-order valence-electron chi connectivity index (χ4n) is 0.174. The zero-order valence-electron chi connectivity index (χ0n) is 2.81. The average molecular weight is 166 g/mol. The Bertz CT molecular complexity index is 73.9. The summed E-state index contributed by atoms with van der Waals surface area (Å²) in [6.07, 6.45) is 0. The minimum atomic E-state index is 0.799. The van der Waals surface area contributed by atoms with Crippen molar-refractivity contribution < 1.29 is 0 Å². The SMILES string of the molecule is Br[C]1N=CSN1. The van der Waals surface area contributed by atoms with Gasteiger partial charge >= 0.3 is 0 Å². The second kappa shape index (κ2) is 1.95. The number of nitrogens with zero attached hydrogens (tertiary/aromatic N) is 1. The minimum absolute atomic E-state index is 0.799. The van der Waals surface area contributed by atoms with Gasteiger partial charge in [-0.05, 0) is 27.9 Å². The van der Waals surface area contributed by atoms with Gasteiger partial charge in [-0.15, -0.1) is 0 Å². The largest absolute Gasteiger partial charge is 0.246 e. The molecular formula is C2H2BrN2S. The second-order valence-corrected chi connectivity index (χ2v) is 2.15. The summed E-state index contributed by atoms with van der Waals surface area (Å²) in [4.78, 5) is 3.80. The molecule has 0 amide bonds. The molecule has 33 valence electrons. The lowest BCUT2D eigenvalue weighted by atomic mass is 11.2. The first-order valence-electron chi connectivity index (χ1n) is 1.36. The normalized spacial score (nSPS) is 22.8. The maximum absolute atomic E-state index is 3.80. The van der Waals surface area contributed by atoms with E-state index in [1.165, 1.54) is 11.9 Å². The van der Waals surface area contributed by atoms with Crippen LogP contribution in [0, 0.1) is 5.08 Å². The summed E-state index contributed by atoms with van der Waals surface area (Å²) in [5.41, 5.74) is 1.73. The van der Waals surface area contributed by atoms with Gasteiger partial charge in [0.1, 0.15) is 0 Å². The van der Waals surface area contributed by atoms with E-state index >= 15 is 0 Å². The molecule has 1 heterocycles. The first-order chi connectivity index (χ1) is 2.89. The Hall–Kier alpha value is 0.460. The average Bonchev–Trinajstić information content (AvgIpc) is 1.86. The van der Waals surface area contributed by atoms with E-state index in [1.54, 1.807) is 5.55 Å². The smallest absolute Gasteiger partial charge is 0.226 e. The van der Waals surface area contributed by atoms with Gasteiger partial charge in [-0.1, -0.05) is 0 Å². The minimum Gasteiger partial charge on any atom is -0.246 e. The van der Waals surface area contributed by atoms with Crippen LogP contribution >= 0.6 is 27.9 Å². The monoisotopic (exact) mass is 165 g/mol. The number of hydrogen-bond donors (Lipinski definition) is 1. The molecule has 0 saturated heterocycles. The van der Waals surface area contributed by atoms with Gasteiger partial charge in [0.25, 0.3) is 0 Å². The van der Waals surface area contributed by atoms with Crippen molar-refractivity contribution in [3.8, 4) is 0 Å². The Labute approximate surface area is 48.7 Å². The van der Waals surface area contributed by atoms with E-state index in [4.69, 9.17) is 0 Å². The second-order valence-electron chi connectivity index (χ2n) is 0.745. The Kier molecular flexibility index (Phi) is 1.50. The lowest BCUT2D eigenvalue weighted by Gasteiger charge is -1.86. The lowest BCUT2D eigenvalue weighted by Crippen LogP contribution is -1.94. The maximum Gasteiger partial charge on any atom is 0.226 e. The van der Waals surface area contributed by atoms with E-state index in [-0.39, 0.29) is 0 Å². The molecule has 1 rings (SSSR count). The molecule has 2 nitrogen and oxygen atoms in total. The topological polar surface area (TPSA) is 24.4 Å². The van der Waals surface area contributed by atoms with Gasteiger partial charge in [-0.2, -0.15) is 0 Å². The first-order valence-corrected chi connectivity index (χ1v) is 3.03. The molecule has 0 fully saturated rings. The molecule has 0 unspecified atom stereocenters. The van der Waals surface area contributed by atoms with Crippen molar-refractivity contribution in [3.63, 3.8) is 0 Å². The predicted octanol–water partition coefficient (Wildman–Crippen LogP) is 1.11. The Balaban J connectivity index is 2.38. The molecule has 6 heavy (non-hydrogen) atoms. The molecule has 4 heteroatoms. The molecule has 0 aliphatic carbocycles. The van der Waals surface area contributed by atoms with Crippen LogP contribution in [0.5, 0.6) is 0 Å². The van der Waals surface area contributed by atoms with Crippen molar-refractivity contribution in [3.05, 3.63) is 5.08 Å². The van der Waals surface area contributed by atoms with Crippen LogP contribution in [0.2, 0.25) is 0 Å². The van der Waals surface area contributed by atoms with Crippen molar-refractivity contribution in [2.75, 3.05) is 0 Å². The fourth-order valence-corrected chi connectivity index (χ4v) is 1.05. The molecule has 0 spiro atoms. The summed E-state index contributed by atoms with van der Waals surface area (Å²) in [6.45, 7) is 0. The van der Waals surface area contributed by atoms with Crippen molar-refractivity contribution in [1.29, 1.82) is 0 Å². The highest BCUT2D eigenvalue weighted by Crippen LogP contribution is 2.15. The third-order valence-electron chi connectivity index (χ3n) is 0.362. The van der Waals surface area contributed by atoms with Gasteiger partial charge in [0.2, 0.25) is 5.08 Å². The molecule has 0 aromatic heterocycles. The standard InChI is InChI=1S/C2H2BrN2S/c3-2-4-1-6-5-2/h1,5H. The number of rotatable bonds is 0. The molecule has 0 saturated carbocycles. The van der Waals surface area contributed by atoms with E-state index in [2.05, 4.69) is 25.6 Å². The Morgan fingerprint density at radius 1 is 2.00 bits per heavy atom. The summed E-state index contributed by atoms with van der Waals surface area (Å²) in [6, 6.07) is 0. The van der Waals surface area contributed by atoms with Gasteiger partial charge in [-0.3, -0.25) is 0 Å². The summed E-state index contributed by atoms with van der Waals surface area (Å²) >= 11 is 4.58. The molecule has 1 N–H and O–H groups in total. The number of nitrogens with one attached hydrogen (secondary N) is 1. The van der Waals surface area contributed by atoms with Crippen LogP contribution in [0.25, 0.3) is 0 Å². The summed E-state index contributed by atoms with van der Waals surface area (Å²) in [5, 5.41) is 0.799. The molecular weight excluding hydrogens is 164 g/mol. The fraction of sp³-hybridized carbons (Fsp3) is 0. The lowest BCUT2D eigenvalue weighted by molar-refractivity contribution is 1.15. The van der Waals surface area contributed by atoms with Crippen LogP contribution in [0.3, 0.4) is 0 Å². The van der Waals surface area contributed by atoms with Crippen molar-refractivity contribution >= 4 is 33.4 Å². The van der Waals surface area contributed by atoms with E-state index in [0.717, 1.165) is 5.08 Å². The first kappa shape index (κ1) is 4.61. The van der Waals surface area contributed by atoms with Gasteiger partial charge in [0.05, 0.1) is 5.55 Å². The third kappa shape index (κ3) is 0.959. The van der Waals surface area contributed by atoms with E-state index in [9.17, 15) is 0 Å². The number of halogens is 1. The van der Waals surface area contributed by atoms with Crippen molar-refractivity contribution in [2.24, 2.45) is 4.99 Å². The quantitative estimate of drug-likeness (QED) is 0.430. The summed E-state index contributed by atoms with van der Waals surface area (Å²) < 4.78 is 2.85. The van der Waals surface area contributed by atoms with Crippen molar-refractivity contribution in [1.82, 2.24) is 4.72 Å². The maximum atomic E-state index is 3.80. The molecule has 1 aliphatic heterocycles. The zero-order chi connectivity index (χ0) is 4.41. The van der Waals surface area contributed by atoms with E-state index < -0.39 is 0 Å². The molecule has 0 aromatic rings. The van der Waals surface area contributed by atoms with Gasteiger partial charge in [-0.25, -0.2) is 9.71 Å². The third-order valence-corrected chi connectivity index (χ3v) is 1.55. The molecule has 0 aromatic carbocycles. The highest BCUT2D eigenvalue weighted by molar-refractivity contribution is 9.11. The molecule has 1 radical (unpaired) electrons. The van der Waals surface area contributed by atoms with Crippen LogP contribution in [-0.2, 0) is 0 Å². The predicted molar refractivity (Wildman–Crippen MR) is 31.4 cm³/mol. The number of aliphatic imine (C=N–C) groups is 1. The zero-order valence-corrected chi connectivity index (χ0v) is 5.21. The van der Waals surface area contributed by atoms with Crippen LogP contribution in [-0.4, -0.2) is 5.55 Å². The van der Waals surface area contributed by atoms with E-state index in [0.29, 0.717) is 0 Å². The van der Waals surface area contributed by atoms with Gasteiger partial charge < -0.3 is 0 Å². The molecule has 0 atom stereocenters. The summed E-state index contributed by atoms with van der Waals surface area (Å²) in [7, 11) is 0. The van der Waals surface area contributed by atoms with Crippen LogP contribution < -0.4 is 4.72 Å².